The normalized spacial score (nSPS) is 13.6. The van der Waals surface area contributed by atoms with E-state index >= 15 is 0 Å². The molecule has 0 aromatic heterocycles. The predicted octanol–water partition coefficient (Wildman–Crippen LogP) is 3.42. The number of fused-ring (bicyclic) bond motifs is 1. The Morgan fingerprint density at radius 2 is 1.70 bits per heavy atom. The number of Topliss-reactive ketones (excluding diaryl/α,β-unsaturated/α-hetero) is 1. The average Bonchev–Trinajstić information content (AvgIpc) is 3.20. The van der Waals surface area contributed by atoms with Crippen molar-refractivity contribution in [2.45, 2.75) is 12.8 Å². The van der Waals surface area contributed by atoms with E-state index in [0.717, 1.165) is 18.2 Å². The van der Waals surface area contributed by atoms with Gasteiger partial charge < -0.3 is 19.8 Å². The Hall–Kier alpha value is -3.87. The lowest BCUT2D eigenvalue weighted by Crippen LogP contribution is -2.23. The first-order valence-electron chi connectivity index (χ1n) is 9.50. The van der Waals surface area contributed by atoms with Crippen molar-refractivity contribution in [2.75, 3.05) is 18.1 Å². The van der Waals surface area contributed by atoms with Crippen LogP contribution in [-0.2, 0) is 9.53 Å². The quantitative estimate of drug-likeness (QED) is 0.383. The van der Waals surface area contributed by atoms with Gasteiger partial charge in [0.25, 0.3) is 0 Å². The first-order chi connectivity index (χ1) is 14.5. The number of benzene rings is 3. The fraction of sp³-hybridized carbons (Fsp3) is 0.174. The van der Waals surface area contributed by atoms with Crippen molar-refractivity contribution < 1.29 is 29.3 Å². The highest BCUT2D eigenvalue weighted by Crippen LogP contribution is 2.35. The van der Waals surface area contributed by atoms with Crippen molar-refractivity contribution in [3.8, 4) is 11.5 Å². The number of hydrogen-bond donors (Lipinski definition) is 2. The van der Waals surface area contributed by atoms with Crippen LogP contribution in [0, 0.1) is 0 Å². The molecule has 0 spiro atoms. The van der Waals surface area contributed by atoms with Gasteiger partial charge in [-0.25, -0.2) is 4.79 Å². The van der Waals surface area contributed by atoms with E-state index in [1.54, 1.807) is 53.4 Å². The fourth-order valence-electron chi connectivity index (χ4n) is 3.54. The predicted molar refractivity (Wildman–Crippen MR) is 110 cm³/mol. The van der Waals surface area contributed by atoms with Crippen molar-refractivity contribution in [1.82, 2.24) is 0 Å². The number of esters is 1. The van der Waals surface area contributed by atoms with Crippen LogP contribution in [0.25, 0.3) is 10.8 Å². The minimum atomic E-state index is -0.916. The van der Waals surface area contributed by atoms with Crippen LogP contribution in [0.3, 0.4) is 0 Å². The monoisotopic (exact) mass is 405 g/mol. The van der Waals surface area contributed by atoms with E-state index in [9.17, 15) is 24.6 Å². The molecule has 1 heterocycles. The van der Waals surface area contributed by atoms with Gasteiger partial charge in [0.15, 0.2) is 12.4 Å². The highest BCUT2D eigenvalue weighted by molar-refractivity contribution is 6.05. The molecule has 0 radical (unpaired) electrons. The number of carbonyl (C=O) groups is 3. The Kier molecular flexibility index (Phi) is 5.10. The van der Waals surface area contributed by atoms with Crippen LogP contribution >= 0.6 is 0 Å². The topological polar surface area (TPSA) is 104 Å². The highest BCUT2D eigenvalue weighted by Gasteiger charge is 2.22. The zero-order chi connectivity index (χ0) is 21.3. The molecule has 1 fully saturated rings. The first kappa shape index (κ1) is 19.4. The molecule has 2 N–H and O–H groups in total. The van der Waals surface area contributed by atoms with Crippen molar-refractivity contribution in [1.29, 1.82) is 0 Å². The molecule has 7 nitrogen and oxygen atoms in total. The Morgan fingerprint density at radius 3 is 2.37 bits per heavy atom. The third-order valence-corrected chi connectivity index (χ3v) is 5.12. The Bertz CT molecular complexity index is 1150. The van der Waals surface area contributed by atoms with Gasteiger partial charge in [-0.15, -0.1) is 0 Å². The third kappa shape index (κ3) is 3.57. The van der Waals surface area contributed by atoms with Crippen molar-refractivity contribution in [3.63, 3.8) is 0 Å². The number of aromatic hydroxyl groups is 2. The molecule has 1 amide bonds. The van der Waals surface area contributed by atoms with E-state index < -0.39 is 18.4 Å². The van der Waals surface area contributed by atoms with Crippen LogP contribution in [0.15, 0.2) is 54.6 Å². The summed E-state index contributed by atoms with van der Waals surface area (Å²) in [4.78, 5) is 38.2. The summed E-state index contributed by atoms with van der Waals surface area (Å²) in [6.45, 7) is 0.139. The summed E-state index contributed by atoms with van der Waals surface area (Å²) in [5.74, 6) is -1.77. The van der Waals surface area contributed by atoms with E-state index in [2.05, 4.69) is 0 Å². The molecular formula is C23H19NO6. The van der Waals surface area contributed by atoms with E-state index in [1.165, 1.54) is 0 Å². The van der Waals surface area contributed by atoms with Gasteiger partial charge in [-0.2, -0.15) is 0 Å². The maximum atomic E-state index is 12.4. The standard InChI is InChI=1S/C23H19NO6/c25-19-12-18(22(28)17-5-2-1-4-16(17)19)23(29)30-13-20(26)14-7-9-15(10-8-14)24-11-3-6-21(24)27/h1-2,4-5,7-10,12,25,28H,3,6,11,13H2. The molecule has 7 heteroatoms. The van der Waals surface area contributed by atoms with E-state index in [-0.39, 0.29) is 23.0 Å². The Morgan fingerprint density at radius 1 is 1.00 bits per heavy atom. The van der Waals surface area contributed by atoms with Crippen LogP contribution in [0.1, 0.15) is 33.6 Å². The largest absolute Gasteiger partial charge is 0.507 e. The summed E-state index contributed by atoms with van der Waals surface area (Å²) in [6, 6.07) is 14.2. The summed E-state index contributed by atoms with van der Waals surface area (Å²) >= 11 is 0. The van der Waals surface area contributed by atoms with Crippen LogP contribution < -0.4 is 4.90 Å². The number of anilines is 1. The number of carbonyl (C=O) groups excluding carboxylic acids is 3. The molecule has 30 heavy (non-hydrogen) atoms. The number of hydrogen-bond acceptors (Lipinski definition) is 6. The lowest BCUT2D eigenvalue weighted by Gasteiger charge is -2.15. The van der Waals surface area contributed by atoms with Crippen molar-refractivity contribution in [3.05, 3.63) is 65.7 Å². The molecule has 4 rings (SSSR count). The lowest BCUT2D eigenvalue weighted by atomic mass is 10.0. The number of ether oxygens (including phenoxy) is 1. The second-order valence-electron chi connectivity index (χ2n) is 7.03. The molecule has 0 unspecified atom stereocenters. The molecule has 3 aromatic rings. The fourth-order valence-corrected chi connectivity index (χ4v) is 3.54. The minimum absolute atomic E-state index is 0.0569. The van der Waals surface area contributed by atoms with Gasteiger partial charge >= 0.3 is 5.97 Å². The summed E-state index contributed by atoms with van der Waals surface area (Å²) in [7, 11) is 0. The average molecular weight is 405 g/mol. The first-order valence-corrected chi connectivity index (χ1v) is 9.50. The number of amides is 1. The lowest BCUT2D eigenvalue weighted by molar-refractivity contribution is -0.117. The maximum absolute atomic E-state index is 12.4. The van der Waals surface area contributed by atoms with Crippen LogP contribution in [0.5, 0.6) is 11.5 Å². The Balaban J connectivity index is 1.45. The molecule has 1 aliphatic rings. The van der Waals surface area contributed by atoms with Gasteiger partial charge in [-0.05, 0) is 36.8 Å². The number of nitrogens with zero attached hydrogens (tertiary/aromatic N) is 1. The highest BCUT2D eigenvalue weighted by atomic mass is 16.5. The van der Waals surface area contributed by atoms with Gasteiger partial charge in [-0.1, -0.05) is 24.3 Å². The smallest absolute Gasteiger partial charge is 0.342 e. The summed E-state index contributed by atoms with van der Waals surface area (Å²) in [5.41, 5.74) is 0.841. The van der Waals surface area contributed by atoms with Crippen LogP contribution in [0.2, 0.25) is 0 Å². The zero-order valence-electron chi connectivity index (χ0n) is 16.0. The molecule has 0 aliphatic carbocycles. The van der Waals surface area contributed by atoms with Crippen LogP contribution in [0.4, 0.5) is 5.69 Å². The van der Waals surface area contributed by atoms with Gasteiger partial charge in [0.2, 0.25) is 5.91 Å². The number of phenols is 2. The molecule has 1 saturated heterocycles. The molecule has 3 aromatic carbocycles. The van der Waals surface area contributed by atoms with Crippen molar-refractivity contribution in [2.24, 2.45) is 0 Å². The minimum Gasteiger partial charge on any atom is -0.507 e. The number of phenolic OH excluding ortho intramolecular Hbond substituents is 2. The number of ketones is 1. The third-order valence-electron chi connectivity index (χ3n) is 5.12. The van der Waals surface area contributed by atoms with E-state index in [1.807, 2.05) is 0 Å². The van der Waals surface area contributed by atoms with Gasteiger partial charge in [0.05, 0.1) is 0 Å². The Labute approximate surface area is 172 Å². The maximum Gasteiger partial charge on any atom is 0.342 e. The summed E-state index contributed by atoms with van der Waals surface area (Å²) in [6.07, 6.45) is 1.33. The molecule has 152 valence electrons. The molecule has 1 aliphatic heterocycles. The molecule has 0 atom stereocenters. The molecule has 0 saturated carbocycles. The second-order valence-corrected chi connectivity index (χ2v) is 7.03. The summed E-state index contributed by atoms with van der Waals surface area (Å²) in [5, 5.41) is 21.2. The summed E-state index contributed by atoms with van der Waals surface area (Å²) < 4.78 is 5.05. The van der Waals surface area contributed by atoms with Gasteiger partial charge in [0.1, 0.15) is 17.1 Å². The molecular weight excluding hydrogens is 386 g/mol. The second kappa shape index (κ2) is 7.87. The van der Waals surface area contributed by atoms with Gasteiger partial charge in [0, 0.05) is 35.0 Å². The zero-order valence-corrected chi connectivity index (χ0v) is 16.0. The van der Waals surface area contributed by atoms with Gasteiger partial charge in [-0.3, -0.25) is 9.59 Å². The van der Waals surface area contributed by atoms with E-state index in [4.69, 9.17) is 4.74 Å². The van der Waals surface area contributed by atoms with Crippen LogP contribution in [-0.4, -0.2) is 41.0 Å². The molecule has 0 bridgehead atoms. The van der Waals surface area contributed by atoms with Crippen molar-refractivity contribution >= 4 is 34.1 Å². The van der Waals surface area contributed by atoms with E-state index in [0.29, 0.717) is 29.3 Å². The number of rotatable bonds is 5. The SMILES string of the molecule is O=C(COC(=O)c1cc(O)c2ccccc2c1O)c1ccc(N2CCCC2=O)cc1.